The number of anilines is 6. The Kier molecular flexibility index (Phi) is 9.88. The number of aryl methyl sites for hydroxylation is 1. The van der Waals surface area contributed by atoms with E-state index in [4.69, 9.17) is 0 Å². The lowest BCUT2D eigenvalue weighted by atomic mass is 9.90. The van der Waals surface area contributed by atoms with Crippen molar-refractivity contribution in [3.63, 3.8) is 0 Å². The summed E-state index contributed by atoms with van der Waals surface area (Å²) in [4.78, 5) is 4.70. The minimum atomic E-state index is 1.13. The summed E-state index contributed by atoms with van der Waals surface area (Å²) in [5, 5.41) is 0. The van der Waals surface area contributed by atoms with Gasteiger partial charge in [-0.25, -0.2) is 0 Å². The van der Waals surface area contributed by atoms with E-state index in [1.807, 2.05) is 0 Å². The molecule has 0 atom stereocenters. The third-order valence-electron chi connectivity index (χ3n) is 9.81. The van der Waals surface area contributed by atoms with E-state index in [2.05, 4.69) is 216 Å². The van der Waals surface area contributed by atoms with E-state index in [0.717, 1.165) is 29.0 Å². The van der Waals surface area contributed by atoms with Crippen LogP contribution >= 0.6 is 0 Å². The molecule has 0 bridgehead atoms. The molecule has 0 spiro atoms. The summed E-state index contributed by atoms with van der Waals surface area (Å²) in [7, 11) is 0. The standard InChI is InChI=1S/C50H42N2/c1-4-18-44(19-5-1)51(45-20-6-2-7-21-45)47-34-30-39(31-35-47)26-28-41-14-12-15-42(38-41)29-27-40-32-36-48(37-33-40)52(46-22-8-3-9-23-46)50-25-13-17-43-16-10-11-24-49(43)50/h1-9,12-15,17-23,25-38H,10-11,16,24H2/b28-26+,29-27+. The maximum Gasteiger partial charge on any atom is 0.0496 e. The van der Waals surface area contributed by atoms with Gasteiger partial charge in [-0.15, -0.1) is 0 Å². The SMILES string of the molecule is C(=C\c1cccc(/C=C/c2ccc(N(c3ccccc3)c3cccc4c3CCCC4)cc2)c1)/c1ccc(N(c2ccccc2)c2ccccc2)cc1. The summed E-state index contributed by atoms with van der Waals surface area (Å²) in [5.74, 6) is 0. The highest BCUT2D eigenvalue weighted by Crippen LogP contribution is 2.40. The van der Waals surface area contributed by atoms with E-state index in [9.17, 15) is 0 Å². The molecule has 0 amide bonds. The summed E-state index contributed by atoms with van der Waals surface area (Å²) in [6, 6.07) is 65.0. The van der Waals surface area contributed by atoms with Crippen LogP contribution in [0.4, 0.5) is 34.1 Å². The van der Waals surface area contributed by atoms with Gasteiger partial charge in [0.05, 0.1) is 0 Å². The van der Waals surface area contributed by atoms with E-state index in [0.29, 0.717) is 0 Å². The molecule has 1 aliphatic carbocycles. The number of rotatable bonds is 10. The van der Waals surface area contributed by atoms with Crippen molar-refractivity contribution < 1.29 is 0 Å². The molecule has 0 heterocycles. The van der Waals surface area contributed by atoms with Crippen LogP contribution in [-0.4, -0.2) is 0 Å². The third-order valence-corrected chi connectivity index (χ3v) is 9.81. The molecule has 1 aliphatic rings. The lowest BCUT2D eigenvalue weighted by molar-refractivity contribution is 0.686. The van der Waals surface area contributed by atoms with Crippen LogP contribution in [0.1, 0.15) is 46.2 Å². The molecular weight excluding hydrogens is 629 g/mol. The predicted octanol–water partition coefficient (Wildman–Crippen LogP) is 13.8. The molecule has 0 unspecified atom stereocenters. The zero-order chi connectivity index (χ0) is 35.0. The van der Waals surface area contributed by atoms with E-state index in [1.165, 1.54) is 64.1 Å². The Bertz CT molecular complexity index is 2230. The summed E-state index contributed by atoms with van der Waals surface area (Å²) in [5.41, 5.74) is 14.7. The van der Waals surface area contributed by atoms with Crippen LogP contribution < -0.4 is 9.80 Å². The number of fused-ring (bicyclic) bond motifs is 1. The molecule has 0 aliphatic heterocycles. The quantitative estimate of drug-likeness (QED) is 0.134. The monoisotopic (exact) mass is 670 g/mol. The van der Waals surface area contributed by atoms with Crippen LogP contribution in [-0.2, 0) is 12.8 Å². The summed E-state index contributed by atoms with van der Waals surface area (Å²) in [6.45, 7) is 0. The van der Waals surface area contributed by atoms with Crippen molar-refractivity contribution in [1.82, 2.24) is 0 Å². The van der Waals surface area contributed by atoms with Crippen LogP contribution in [0, 0.1) is 0 Å². The topological polar surface area (TPSA) is 6.48 Å². The first-order chi connectivity index (χ1) is 25.8. The van der Waals surface area contributed by atoms with Gasteiger partial charge in [-0.2, -0.15) is 0 Å². The average molecular weight is 671 g/mol. The first-order valence-electron chi connectivity index (χ1n) is 18.3. The molecule has 0 fully saturated rings. The van der Waals surface area contributed by atoms with Gasteiger partial charge in [0.2, 0.25) is 0 Å². The van der Waals surface area contributed by atoms with Crippen LogP contribution in [0.15, 0.2) is 182 Å². The normalized spacial score (nSPS) is 12.5. The van der Waals surface area contributed by atoms with Crippen molar-refractivity contribution in [3.05, 3.63) is 215 Å². The maximum atomic E-state index is 2.42. The van der Waals surface area contributed by atoms with Crippen molar-refractivity contribution >= 4 is 58.4 Å². The van der Waals surface area contributed by atoms with Crippen molar-refractivity contribution in [3.8, 4) is 0 Å². The molecule has 7 aromatic rings. The average Bonchev–Trinajstić information content (AvgIpc) is 3.22. The van der Waals surface area contributed by atoms with E-state index in [-0.39, 0.29) is 0 Å². The second-order valence-corrected chi connectivity index (χ2v) is 13.3. The maximum absolute atomic E-state index is 2.42. The first kappa shape index (κ1) is 32.8. The molecular formula is C50H42N2. The molecule has 0 radical (unpaired) electrons. The molecule has 2 heteroatoms. The minimum Gasteiger partial charge on any atom is -0.311 e. The van der Waals surface area contributed by atoms with Crippen LogP contribution in [0.25, 0.3) is 24.3 Å². The second-order valence-electron chi connectivity index (χ2n) is 13.3. The molecule has 0 N–H and O–H groups in total. The highest BCUT2D eigenvalue weighted by Gasteiger charge is 2.20. The zero-order valence-corrected chi connectivity index (χ0v) is 29.4. The third kappa shape index (κ3) is 7.52. The molecule has 52 heavy (non-hydrogen) atoms. The van der Waals surface area contributed by atoms with Gasteiger partial charge in [-0.3, -0.25) is 0 Å². The predicted molar refractivity (Wildman–Crippen MR) is 223 cm³/mol. The highest BCUT2D eigenvalue weighted by atomic mass is 15.1. The highest BCUT2D eigenvalue weighted by molar-refractivity contribution is 5.81. The molecule has 2 nitrogen and oxygen atoms in total. The van der Waals surface area contributed by atoms with Gasteiger partial charge in [-0.05, 0) is 132 Å². The fraction of sp³-hybridized carbons (Fsp3) is 0.0800. The smallest absolute Gasteiger partial charge is 0.0496 e. The van der Waals surface area contributed by atoms with Crippen molar-refractivity contribution in [2.75, 3.05) is 9.80 Å². The summed E-state index contributed by atoms with van der Waals surface area (Å²) in [6.07, 6.45) is 13.6. The van der Waals surface area contributed by atoms with Gasteiger partial charge in [0, 0.05) is 34.1 Å². The Morgan fingerprint density at radius 1 is 0.327 bits per heavy atom. The minimum absolute atomic E-state index is 1.13. The van der Waals surface area contributed by atoms with E-state index in [1.54, 1.807) is 0 Å². The van der Waals surface area contributed by atoms with E-state index >= 15 is 0 Å². The Morgan fingerprint density at radius 2 is 0.750 bits per heavy atom. The van der Waals surface area contributed by atoms with Crippen LogP contribution in [0.3, 0.4) is 0 Å². The zero-order valence-electron chi connectivity index (χ0n) is 29.4. The number of para-hydroxylation sites is 3. The molecule has 0 saturated carbocycles. The van der Waals surface area contributed by atoms with Gasteiger partial charge in [0.15, 0.2) is 0 Å². The fourth-order valence-electron chi connectivity index (χ4n) is 7.20. The summed E-state index contributed by atoms with van der Waals surface area (Å²) < 4.78 is 0. The Labute approximate surface area is 308 Å². The van der Waals surface area contributed by atoms with Gasteiger partial charge in [0.1, 0.15) is 0 Å². The van der Waals surface area contributed by atoms with Crippen molar-refractivity contribution in [1.29, 1.82) is 0 Å². The van der Waals surface area contributed by atoms with E-state index < -0.39 is 0 Å². The fourth-order valence-corrected chi connectivity index (χ4v) is 7.20. The lowest BCUT2D eigenvalue weighted by Gasteiger charge is -2.30. The number of nitrogens with zero attached hydrogens (tertiary/aromatic N) is 2. The molecule has 0 saturated heterocycles. The second kappa shape index (κ2) is 15.7. The van der Waals surface area contributed by atoms with Crippen molar-refractivity contribution in [2.24, 2.45) is 0 Å². The van der Waals surface area contributed by atoms with Crippen LogP contribution in [0.5, 0.6) is 0 Å². The molecule has 7 aromatic carbocycles. The largest absolute Gasteiger partial charge is 0.311 e. The van der Waals surface area contributed by atoms with Gasteiger partial charge >= 0.3 is 0 Å². The Hall–Kier alpha value is -6.38. The molecule has 0 aromatic heterocycles. The van der Waals surface area contributed by atoms with Crippen LogP contribution in [0.2, 0.25) is 0 Å². The molecule has 252 valence electrons. The number of hydrogen-bond donors (Lipinski definition) is 0. The number of hydrogen-bond acceptors (Lipinski definition) is 2. The van der Waals surface area contributed by atoms with Gasteiger partial charge in [0.25, 0.3) is 0 Å². The Morgan fingerprint density at radius 3 is 1.29 bits per heavy atom. The lowest BCUT2D eigenvalue weighted by Crippen LogP contribution is -2.15. The first-order valence-corrected chi connectivity index (χ1v) is 18.3. The van der Waals surface area contributed by atoms with Gasteiger partial charge in [-0.1, -0.05) is 133 Å². The molecule has 8 rings (SSSR count). The van der Waals surface area contributed by atoms with Gasteiger partial charge < -0.3 is 9.80 Å². The van der Waals surface area contributed by atoms with Crippen molar-refractivity contribution in [2.45, 2.75) is 25.7 Å². The summed E-state index contributed by atoms with van der Waals surface area (Å²) >= 11 is 0. The Balaban J connectivity index is 0.979. The number of benzene rings is 7.